The zero-order valence-corrected chi connectivity index (χ0v) is 10.6. The van der Waals surface area contributed by atoms with Gasteiger partial charge in [-0.1, -0.05) is 29.8 Å². The molecule has 0 aromatic heterocycles. The van der Waals surface area contributed by atoms with Crippen LogP contribution in [0.4, 0.5) is 0 Å². The van der Waals surface area contributed by atoms with Gasteiger partial charge in [0.1, 0.15) is 0 Å². The molecule has 0 unspecified atom stereocenters. The molecule has 88 valence electrons. The molecule has 0 heterocycles. The van der Waals surface area contributed by atoms with Gasteiger partial charge in [-0.2, -0.15) is 0 Å². The van der Waals surface area contributed by atoms with Crippen molar-refractivity contribution in [1.29, 1.82) is 0 Å². The second kappa shape index (κ2) is 5.87. The summed E-state index contributed by atoms with van der Waals surface area (Å²) in [5.41, 5.74) is 1.01. The van der Waals surface area contributed by atoms with Crippen LogP contribution in [0.5, 0.6) is 0 Å². The fourth-order valence-electron chi connectivity index (χ4n) is 1.33. The number of likely N-dealkylation sites (N-methyl/N-ethyl adjacent to an activating group) is 1. The molecule has 1 aromatic carbocycles. The van der Waals surface area contributed by atoms with Crippen LogP contribution in [0, 0.1) is 0 Å². The molecule has 1 aromatic rings. The van der Waals surface area contributed by atoms with Crippen LogP contribution < -0.4 is 5.32 Å². The fourth-order valence-corrected chi connectivity index (χ4v) is 1.63. The molecule has 0 bridgehead atoms. The van der Waals surface area contributed by atoms with Gasteiger partial charge in [-0.15, -0.1) is 0 Å². The van der Waals surface area contributed by atoms with Gasteiger partial charge in [0.15, 0.2) is 0 Å². The summed E-state index contributed by atoms with van der Waals surface area (Å²) in [7, 11) is 3.48. The summed E-state index contributed by atoms with van der Waals surface area (Å²) in [5, 5.41) is 3.87. The molecular formula is C12H17ClN2O. The van der Waals surface area contributed by atoms with Crippen LogP contribution in [0.2, 0.25) is 5.02 Å². The Morgan fingerprint density at radius 3 is 2.62 bits per heavy atom. The number of carbonyl (C=O) groups excluding carboxylic acids is 1. The highest BCUT2D eigenvalue weighted by molar-refractivity contribution is 6.31. The van der Waals surface area contributed by atoms with E-state index in [1.165, 1.54) is 0 Å². The van der Waals surface area contributed by atoms with Crippen molar-refractivity contribution < 1.29 is 4.79 Å². The van der Waals surface area contributed by atoms with Crippen molar-refractivity contribution in [3.05, 3.63) is 34.9 Å². The van der Waals surface area contributed by atoms with Crippen molar-refractivity contribution in [3.63, 3.8) is 0 Å². The molecule has 1 rings (SSSR count). The standard InChI is InChI=1S/C12H17ClN2O/c1-9(14-8-12(16)15(2)3)10-6-4-5-7-11(10)13/h4-7,9,14H,8H2,1-3H3/t9-/m0/s1. The van der Waals surface area contributed by atoms with Crippen LogP contribution in [0.15, 0.2) is 24.3 Å². The number of nitrogens with one attached hydrogen (secondary N) is 1. The maximum Gasteiger partial charge on any atom is 0.236 e. The lowest BCUT2D eigenvalue weighted by atomic mass is 10.1. The number of amides is 1. The van der Waals surface area contributed by atoms with Gasteiger partial charge >= 0.3 is 0 Å². The monoisotopic (exact) mass is 240 g/mol. The van der Waals surface area contributed by atoms with Gasteiger partial charge < -0.3 is 10.2 Å². The molecule has 1 N–H and O–H groups in total. The van der Waals surface area contributed by atoms with Gasteiger partial charge in [0.25, 0.3) is 0 Å². The molecule has 3 nitrogen and oxygen atoms in total. The lowest BCUT2D eigenvalue weighted by molar-refractivity contribution is -0.127. The van der Waals surface area contributed by atoms with Crippen molar-refractivity contribution in [2.24, 2.45) is 0 Å². The first-order valence-electron chi connectivity index (χ1n) is 5.20. The van der Waals surface area contributed by atoms with Crippen LogP contribution in [-0.2, 0) is 4.79 Å². The third-order valence-corrected chi connectivity index (χ3v) is 2.77. The van der Waals surface area contributed by atoms with Crippen LogP contribution in [0.3, 0.4) is 0 Å². The zero-order valence-electron chi connectivity index (χ0n) is 9.83. The van der Waals surface area contributed by atoms with E-state index in [4.69, 9.17) is 11.6 Å². The molecule has 16 heavy (non-hydrogen) atoms. The maximum atomic E-state index is 11.4. The Kier molecular flexibility index (Phi) is 4.77. The van der Waals surface area contributed by atoms with Crippen molar-refractivity contribution >= 4 is 17.5 Å². The van der Waals surface area contributed by atoms with E-state index in [0.717, 1.165) is 10.6 Å². The molecule has 0 saturated heterocycles. The highest BCUT2D eigenvalue weighted by Crippen LogP contribution is 2.21. The number of hydrogen-bond donors (Lipinski definition) is 1. The summed E-state index contributed by atoms with van der Waals surface area (Å²) >= 11 is 6.06. The predicted octanol–water partition coefficient (Wildman–Crippen LogP) is 2.08. The van der Waals surface area contributed by atoms with E-state index in [2.05, 4.69) is 5.32 Å². The molecule has 0 spiro atoms. The van der Waals surface area contributed by atoms with Crippen LogP contribution in [0.25, 0.3) is 0 Å². The summed E-state index contributed by atoms with van der Waals surface area (Å²) in [6, 6.07) is 7.71. The van der Waals surface area contributed by atoms with E-state index >= 15 is 0 Å². The minimum absolute atomic E-state index is 0.0545. The first kappa shape index (κ1) is 13.0. The van der Waals surface area contributed by atoms with Gasteiger partial charge in [-0.3, -0.25) is 4.79 Å². The number of nitrogens with zero attached hydrogens (tertiary/aromatic N) is 1. The number of halogens is 1. The minimum atomic E-state index is 0.0545. The molecule has 4 heteroatoms. The third kappa shape index (κ3) is 3.51. The summed E-state index contributed by atoms with van der Waals surface area (Å²) in [6.07, 6.45) is 0. The first-order chi connectivity index (χ1) is 7.52. The summed E-state index contributed by atoms with van der Waals surface area (Å²) in [5.74, 6) is 0.0545. The normalized spacial score (nSPS) is 12.2. The molecule has 0 aliphatic heterocycles. The predicted molar refractivity (Wildman–Crippen MR) is 66.6 cm³/mol. The Morgan fingerprint density at radius 2 is 2.06 bits per heavy atom. The van der Waals surface area contributed by atoms with Crippen LogP contribution in [0.1, 0.15) is 18.5 Å². The first-order valence-corrected chi connectivity index (χ1v) is 5.58. The van der Waals surface area contributed by atoms with E-state index in [9.17, 15) is 4.79 Å². The van der Waals surface area contributed by atoms with Crippen molar-refractivity contribution in [2.75, 3.05) is 20.6 Å². The van der Waals surface area contributed by atoms with E-state index in [1.54, 1.807) is 19.0 Å². The van der Waals surface area contributed by atoms with Gasteiger partial charge in [0.2, 0.25) is 5.91 Å². The Bertz CT molecular complexity index is 366. The molecule has 0 aliphatic carbocycles. The number of benzene rings is 1. The molecule has 1 amide bonds. The van der Waals surface area contributed by atoms with Gasteiger partial charge in [-0.25, -0.2) is 0 Å². The smallest absolute Gasteiger partial charge is 0.236 e. The fraction of sp³-hybridized carbons (Fsp3) is 0.417. The molecule has 0 radical (unpaired) electrons. The zero-order chi connectivity index (χ0) is 12.1. The number of hydrogen-bond acceptors (Lipinski definition) is 2. The quantitative estimate of drug-likeness (QED) is 0.874. The van der Waals surface area contributed by atoms with E-state index in [1.807, 2.05) is 31.2 Å². The summed E-state index contributed by atoms with van der Waals surface area (Å²) in [4.78, 5) is 13.0. The Balaban J connectivity index is 2.56. The van der Waals surface area contributed by atoms with Crippen molar-refractivity contribution in [3.8, 4) is 0 Å². The minimum Gasteiger partial charge on any atom is -0.348 e. The van der Waals surface area contributed by atoms with E-state index in [0.29, 0.717) is 6.54 Å². The van der Waals surface area contributed by atoms with Gasteiger partial charge in [0, 0.05) is 25.2 Å². The summed E-state index contributed by atoms with van der Waals surface area (Å²) < 4.78 is 0. The van der Waals surface area contributed by atoms with Gasteiger partial charge in [0.05, 0.1) is 6.54 Å². The topological polar surface area (TPSA) is 32.3 Å². The molecule has 1 atom stereocenters. The highest BCUT2D eigenvalue weighted by atomic mass is 35.5. The lowest BCUT2D eigenvalue weighted by Crippen LogP contribution is -2.34. The van der Waals surface area contributed by atoms with Gasteiger partial charge in [-0.05, 0) is 18.6 Å². The Labute approximate surface area is 101 Å². The summed E-state index contributed by atoms with van der Waals surface area (Å²) in [6.45, 7) is 2.31. The highest BCUT2D eigenvalue weighted by Gasteiger charge is 2.10. The van der Waals surface area contributed by atoms with E-state index < -0.39 is 0 Å². The average molecular weight is 241 g/mol. The molecular weight excluding hydrogens is 224 g/mol. The van der Waals surface area contributed by atoms with Crippen LogP contribution >= 0.6 is 11.6 Å². The SMILES string of the molecule is C[C@H](NCC(=O)N(C)C)c1ccccc1Cl. The Hall–Kier alpha value is -1.06. The number of rotatable bonds is 4. The second-order valence-electron chi connectivity index (χ2n) is 3.91. The Morgan fingerprint density at radius 1 is 1.44 bits per heavy atom. The average Bonchev–Trinajstić information content (AvgIpc) is 2.25. The number of carbonyl (C=O) groups is 1. The van der Waals surface area contributed by atoms with Crippen molar-refractivity contribution in [1.82, 2.24) is 10.2 Å². The molecule has 0 fully saturated rings. The van der Waals surface area contributed by atoms with Crippen molar-refractivity contribution in [2.45, 2.75) is 13.0 Å². The molecule has 0 aliphatic rings. The van der Waals surface area contributed by atoms with Crippen LogP contribution in [-0.4, -0.2) is 31.4 Å². The maximum absolute atomic E-state index is 11.4. The second-order valence-corrected chi connectivity index (χ2v) is 4.32. The largest absolute Gasteiger partial charge is 0.348 e. The van der Waals surface area contributed by atoms with E-state index in [-0.39, 0.29) is 11.9 Å². The lowest BCUT2D eigenvalue weighted by Gasteiger charge is -2.17. The third-order valence-electron chi connectivity index (χ3n) is 2.43. The molecule has 0 saturated carbocycles.